The Bertz CT molecular complexity index is 647. The summed E-state index contributed by atoms with van der Waals surface area (Å²) in [6.07, 6.45) is 0. The molecule has 2 N–H and O–H groups in total. The predicted octanol–water partition coefficient (Wildman–Crippen LogP) is 1.92. The molecule has 0 fully saturated rings. The van der Waals surface area contributed by atoms with Crippen molar-refractivity contribution < 1.29 is 18.3 Å². The fraction of sp³-hybridized carbons (Fsp3) is 0.417. The highest BCUT2D eigenvalue weighted by Crippen LogP contribution is 2.29. The molecular weight excluding hydrogens is 339 g/mol. The summed E-state index contributed by atoms with van der Waals surface area (Å²) in [6.45, 7) is 2.16. The standard InChI is InChI=1S/C12H16Cl2N2O4S/c1-7(6-16(2)3)15-21(19,20)10-5-8(13)4-9(11(10)14)12(17)18/h4-5,7,15H,6H2,1-3H3,(H,17,18). The van der Waals surface area contributed by atoms with Gasteiger partial charge in [-0.1, -0.05) is 23.2 Å². The van der Waals surface area contributed by atoms with Crippen molar-refractivity contribution in [2.75, 3.05) is 20.6 Å². The van der Waals surface area contributed by atoms with E-state index in [0.29, 0.717) is 6.54 Å². The lowest BCUT2D eigenvalue weighted by atomic mass is 10.2. The zero-order chi connectivity index (χ0) is 16.4. The number of nitrogens with zero attached hydrogens (tertiary/aromatic N) is 1. The van der Waals surface area contributed by atoms with Crippen LogP contribution in [0.1, 0.15) is 17.3 Å². The van der Waals surface area contributed by atoms with Crippen LogP contribution in [-0.2, 0) is 10.0 Å². The SMILES string of the molecule is CC(CN(C)C)NS(=O)(=O)c1cc(Cl)cc(C(=O)O)c1Cl. The number of hydrogen-bond acceptors (Lipinski definition) is 4. The third kappa shape index (κ3) is 4.82. The number of carbonyl (C=O) groups is 1. The van der Waals surface area contributed by atoms with Crippen LogP contribution in [0.2, 0.25) is 10.0 Å². The van der Waals surface area contributed by atoms with E-state index in [4.69, 9.17) is 28.3 Å². The summed E-state index contributed by atoms with van der Waals surface area (Å²) < 4.78 is 27.0. The molecule has 0 aliphatic heterocycles. The van der Waals surface area contributed by atoms with Crippen LogP contribution >= 0.6 is 23.2 Å². The first-order valence-corrected chi connectivity index (χ1v) is 8.18. The quantitative estimate of drug-likeness (QED) is 0.814. The average molecular weight is 355 g/mol. The summed E-state index contributed by atoms with van der Waals surface area (Å²) in [5.41, 5.74) is -0.357. The minimum Gasteiger partial charge on any atom is -0.478 e. The van der Waals surface area contributed by atoms with Crippen LogP contribution < -0.4 is 4.72 Å². The lowest BCUT2D eigenvalue weighted by molar-refractivity contribution is 0.0697. The van der Waals surface area contributed by atoms with Gasteiger partial charge in [-0.3, -0.25) is 0 Å². The molecule has 0 radical (unpaired) electrons. The van der Waals surface area contributed by atoms with E-state index in [9.17, 15) is 13.2 Å². The summed E-state index contributed by atoms with van der Waals surface area (Å²) in [5, 5.41) is 8.64. The Morgan fingerprint density at radius 2 is 1.95 bits per heavy atom. The zero-order valence-electron chi connectivity index (χ0n) is 11.7. The molecule has 0 saturated carbocycles. The average Bonchev–Trinajstić information content (AvgIpc) is 2.29. The molecule has 0 saturated heterocycles. The Balaban J connectivity index is 3.23. The van der Waals surface area contributed by atoms with E-state index in [2.05, 4.69) is 4.72 Å². The van der Waals surface area contributed by atoms with Crippen molar-refractivity contribution in [2.45, 2.75) is 17.9 Å². The van der Waals surface area contributed by atoms with Gasteiger partial charge in [0.1, 0.15) is 4.90 Å². The molecule has 21 heavy (non-hydrogen) atoms. The number of carboxylic acids is 1. The molecule has 0 aromatic heterocycles. The van der Waals surface area contributed by atoms with Gasteiger partial charge in [0.25, 0.3) is 0 Å². The fourth-order valence-electron chi connectivity index (χ4n) is 1.83. The molecule has 118 valence electrons. The summed E-state index contributed by atoms with van der Waals surface area (Å²) in [7, 11) is -0.360. The topological polar surface area (TPSA) is 86.7 Å². The first-order chi connectivity index (χ1) is 9.54. The number of likely N-dealkylation sites (N-methyl/N-ethyl adjacent to an activating group) is 1. The van der Waals surface area contributed by atoms with Gasteiger partial charge in [0.2, 0.25) is 10.0 Å². The maximum atomic E-state index is 12.3. The minimum absolute atomic E-state index is 0.0163. The van der Waals surface area contributed by atoms with Crippen molar-refractivity contribution in [1.29, 1.82) is 0 Å². The molecule has 1 aromatic carbocycles. The molecule has 6 nitrogen and oxygen atoms in total. The van der Waals surface area contributed by atoms with Gasteiger partial charge in [0.05, 0.1) is 10.6 Å². The lowest BCUT2D eigenvalue weighted by Gasteiger charge is -2.19. The van der Waals surface area contributed by atoms with Crippen molar-refractivity contribution in [3.8, 4) is 0 Å². The lowest BCUT2D eigenvalue weighted by Crippen LogP contribution is -2.39. The van der Waals surface area contributed by atoms with Gasteiger partial charge in [-0.2, -0.15) is 0 Å². The second-order valence-corrected chi connectivity index (χ2v) is 7.35. The first-order valence-electron chi connectivity index (χ1n) is 5.94. The van der Waals surface area contributed by atoms with Gasteiger partial charge in [-0.05, 0) is 33.2 Å². The van der Waals surface area contributed by atoms with Gasteiger partial charge in [-0.15, -0.1) is 0 Å². The molecule has 0 bridgehead atoms. The smallest absolute Gasteiger partial charge is 0.337 e. The molecule has 0 spiro atoms. The third-order valence-electron chi connectivity index (χ3n) is 2.52. The highest BCUT2D eigenvalue weighted by Gasteiger charge is 2.25. The number of benzene rings is 1. The second-order valence-electron chi connectivity index (χ2n) is 4.86. The van der Waals surface area contributed by atoms with E-state index in [1.165, 1.54) is 0 Å². The van der Waals surface area contributed by atoms with E-state index in [1.807, 2.05) is 4.90 Å². The van der Waals surface area contributed by atoms with E-state index in [1.54, 1.807) is 21.0 Å². The van der Waals surface area contributed by atoms with Gasteiger partial charge in [-0.25, -0.2) is 17.9 Å². The van der Waals surface area contributed by atoms with Crippen molar-refractivity contribution in [3.05, 3.63) is 27.7 Å². The minimum atomic E-state index is -3.97. The van der Waals surface area contributed by atoms with Crippen molar-refractivity contribution in [3.63, 3.8) is 0 Å². The van der Waals surface area contributed by atoms with Crippen LogP contribution in [0.5, 0.6) is 0 Å². The van der Waals surface area contributed by atoms with Gasteiger partial charge in [0, 0.05) is 17.6 Å². The molecule has 0 aliphatic rings. The number of nitrogens with one attached hydrogen (secondary N) is 1. The molecule has 0 amide bonds. The maximum absolute atomic E-state index is 12.3. The predicted molar refractivity (Wildman–Crippen MR) is 81.8 cm³/mol. The Hall–Kier alpha value is -0.860. The molecule has 1 aromatic rings. The number of carboxylic acid groups (broad SMARTS) is 1. The summed E-state index contributed by atoms with van der Waals surface area (Å²) in [5.74, 6) is -1.35. The zero-order valence-corrected chi connectivity index (χ0v) is 14.1. The maximum Gasteiger partial charge on any atom is 0.337 e. The largest absolute Gasteiger partial charge is 0.478 e. The molecule has 0 heterocycles. The van der Waals surface area contributed by atoms with Crippen LogP contribution in [0, 0.1) is 0 Å². The molecule has 1 rings (SSSR count). The van der Waals surface area contributed by atoms with Crippen LogP contribution in [0.4, 0.5) is 0 Å². The summed E-state index contributed by atoms with van der Waals surface area (Å²) >= 11 is 11.7. The van der Waals surface area contributed by atoms with Gasteiger partial charge in [0.15, 0.2) is 0 Å². The van der Waals surface area contributed by atoms with E-state index in [0.717, 1.165) is 12.1 Å². The van der Waals surface area contributed by atoms with E-state index in [-0.39, 0.29) is 26.5 Å². The number of halogens is 2. The monoisotopic (exact) mass is 354 g/mol. The van der Waals surface area contributed by atoms with E-state index < -0.39 is 16.0 Å². The Labute approximate surface area is 133 Å². The number of rotatable bonds is 6. The highest BCUT2D eigenvalue weighted by atomic mass is 35.5. The van der Waals surface area contributed by atoms with E-state index >= 15 is 0 Å². The van der Waals surface area contributed by atoms with Crippen LogP contribution in [0.3, 0.4) is 0 Å². The number of aromatic carboxylic acids is 1. The third-order valence-corrected chi connectivity index (χ3v) is 4.87. The Morgan fingerprint density at radius 3 is 2.43 bits per heavy atom. The van der Waals surface area contributed by atoms with Gasteiger partial charge >= 0.3 is 5.97 Å². The second kappa shape index (κ2) is 6.93. The van der Waals surface area contributed by atoms with Crippen LogP contribution in [0.25, 0.3) is 0 Å². The molecule has 1 unspecified atom stereocenters. The molecule has 0 aliphatic carbocycles. The first kappa shape index (κ1) is 18.2. The highest BCUT2D eigenvalue weighted by molar-refractivity contribution is 7.89. The van der Waals surface area contributed by atoms with Crippen molar-refractivity contribution >= 4 is 39.2 Å². The molecule has 1 atom stereocenters. The van der Waals surface area contributed by atoms with Crippen molar-refractivity contribution in [1.82, 2.24) is 9.62 Å². The van der Waals surface area contributed by atoms with Crippen molar-refractivity contribution in [2.24, 2.45) is 0 Å². The molecule has 9 heteroatoms. The summed E-state index contributed by atoms with van der Waals surface area (Å²) in [4.78, 5) is 12.5. The molecular formula is C12H16Cl2N2O4S. The van der Waals surface area contributed by atoms with Crippen LogP contribution in [-0.4, -0.2) is 51.1 Å². The normalized spacial score (nSPS) is 13.4. The Kier molecular flexibility index (Phi) is 6.01. The van der Waals surface area contributed by atoms with Crippen LogP contribution in [0.15, 0.2) is 17.0 Å². The van der Waals surface area contributed by atoms with Gasteiger partial charge < -0.3 is 10.0 Å². The number of sulfonamides is 1. The number of hydrogen-bond donors (Lipinski definition) is 2. The Morgan fingerprint density at radius 1 is 1.38 bits per heavy atom. The summed E-state index contributed by atoms with van der Waals surface area (Å²) in [6, 6.07) is 1.85. The fourth-order valence-corrected chi connectivity index (χ4v) is 3.97.